The third-order valence-electron chi connectivity index (χ3n) is 5.85. The quantitative estimate of drug-likeness (QED) is 0.635. The van der Waals surface area contributed by atoms with Gasteiger partial charge in [0.1, 0.15) is 17.9 Å². The van der Waals surface area contributed by atoms with Gasteiger partial charge in [-0.05, 0) is 64.2 Å². The summed E-state index contributed by atoms with van der Waals surface area (Å²) >= 11 is 1.58. The number of anilines is 1. The number of carbonyl (C=O) groups is 2. The molecule has 160 valence electrons. The Kier molecular flexibility index (Phi) is 6.09. The molecule has 2 aliphatic rings. The largest absolute Gasteiger partial charge is 0.478 e. The zero-order chi connectivity index (χ0) is 21.3. The zero-order valence-corrected chi connectivity index (χ0v) is 18.5. The highest BCUT2D eigenvalue weighted by Crippen LogP contribution is 2.39. The summed E-state index contributed by atoms with van der Waals surface area (Å²) in [5, 5.41) is 2.96. The molecule has 30 heavy (non-hydrogen) atoms. The van der Waals surface area contributed by atoms with E-state index in [1.54, 1.807) is 23.2 Å². The standard InChI is InChI=1S/C23H28N2O4S/c1-4-20-22(26)25(14(2)23(27)28-17-8-6-5-7-9-17)19-12-16(10-11-21(19)29-20)18-13-30-15(3)24-18/h10-14,17,20H,4-9H2,1-3H3. The minimum atomic E-state index is -0.719. The number of ether oxygens (including phenoxy) is 2. The van der Waals surface area contributed by atoms with Crippen molar-refractivity contribution in [2.75, 3.05) is 4.90 Å². The highest BCUT2D eigenvalue weighted by molar-refractivity contribution is 7.09. The summed E-state index contributed by atoms with van der Waals surface area (Å²) in [6, 6.07) is 4.97. The third kappa shape index (κ3) is 4.08. The molecule has 1 aromatic heterocycles. The number of aryl methyl sites for hydroxylation is 1. The molecule has 7 heteroatoms. The lowest BCUT2D eigenvalue weighted by molar-refractivity contribution is -0.153. The first kappa shape index (κ1) is 20.8. The van der Waals surface area contributed by atoms with Gasteiger partial charge in [-0.3, -0.25) is 9.69 Å². The van der Waals surface area contributed by atoms with Crippen LogP contribution in [0.25, 0.3) is 11.3 Å². The number of thiazole rings is 1. The molecule has 1 fully saturated rings. The van der Waals surface area contributed by atoms with E-state index in [0.29, 0.717) is 17.9 Å². The van der Waals surface area contributed by atoms with Gasteiger partial charge in [0.2, 0.25) is 0 Å². The highest BCUT2D eigenvalue weighted by atomic mass is 32.1. The summed E-state index contributed by atoms with van der Waals surface area (Å²) in [5.41, 5.74) is 2.34. The average Bonchev–Trinajstić information content (AvgIpc) is 3.19. The van der Waals surface area contributed by atoms with Crippen LogP contribution in [0.3, 0.4) is 0 Å². The van der Waals surface area contributed by atoms with Gasteiger partial charge in [0.15, 0.2) is 6.10 Å². The molecule has 0 bridgehead atoms. The number of hydrogen-bond acceptors (Lipinski definition) is 6. The number of esters is 1. The normalized spacial score (nSPS) is 20.4. The van der Waals surface area contributed by atoms with Gasteiger partial charge in [-0.2, -0.15) is 0 Å². The van der Waals surface area contributed by atoms with Crippen molar-refractivity contribution in [1.29, 1.82) is 0 Å². The van der Waals surface area contributed by atoms with Crippen LogP contribution in [0.1, 0.15) is 57.4 Å². The van der Waals surface area contributed by atoms with E-state index < -0.39 is 12.1 Å². The number of rotatable bonds is 5. The van der Waals surface area contributed by atoms with Crippen LogP contribution in [0.15, 0.2) is 23.6 Å². The van der Waals surface area contributed by atoms with Gasteiger partial charge in [-0.15, -0.1) is 11.3 Å². The van der Waals surface area contributed by atoms with Gasteiger partial charge in [0.25, 0.3) is 5.91 Å². The number of carbonyl (C=O) groups excluding carboxylic acids is 2. The van der Waals surface area contributed by atoms with Crippen molar-refractivity contribution in [1.82, 2.24) is 4.98 Å². The van der Waals surface area contributed by atoms with Crippen LogP contribution in [0.4, 0.5) is 5.69 Å². The molecule has 0 spiro atoms. The lowest BCUT2D eigenvalue weighted by atomic mass is 9.98. The minimum absolute atomic E-state index is 0.0457. The summed E-state index contributed by atoms with van der Waals surface area (Å²) in [7, 11) is 0. The maximum absolute atomic E-state index is 13.2. The zero-order valence-electron chi connectivity index (χ0n) is 17.7. The van der Waals surface area contributed by atoms with E-state index in [9.17, 15) is 9.59 Å². The number of fused-ring (bicyclic) bond motifs is 1. The molecule has 1 amide bonds. The fourth-order valence-electron chi connectivity index (χ4n) is 4.15. The Bertz CT molecular complexity index is 935. The number of amides is 1. The first-order valence-corrected chi connectivity index (χ1v) is 11.6. The fourth-order valence-corrected chi connectivity index (χ4v) is 4.77. The van der Waals surface area contributed by atoms with Crippen molar-refractivity contribution in [3.8, 4) is 17.0 Å². The molecular weight excluding hydrogens is 400 g/mol. The van der Waals surface area contributed by atoms with Crippen LogP contribution in [-0.4, -0.2) is 35.1 Å². The molecule has 2 atom stereocenters. The van der Waals surface area contributed by atoms with Crippen LogP contribution < -0.4 is 9.64 Å². The summed E-state index contributed by atoms with van der Waals surface area (Å²) in [6.45, 7) is 5.61. The molecule has 0 radical (unpaired) electrons. The Morgan fingerprint density at radius 1 is 1.33 bits per heavy atom. The van der Waals surface area contributed by atoms with Gasteiger partial charge >= 0.3 is 5.97 Å². The van der Waals surface area contributed by atoms with E-state index >= 15 is 0 Å². The number of aromatic nitrogens is 1. The molecule has 4 rings (SSSR count). The monoisotopic (exact) mass is 428 g/mol. The Morgan fingerprint density at radius 3 is 2.77 bits per heavy atom. The third-order valence-corrected chi connectivity index (χ3v) is 6.62. The van der Waals surface area contributed by atoms with E-state index in [-0.39, 0.29) is 18.0 Å². The molecule has 2 unspecified atom stereocenters. The molecule has 1 aliphatic carbocycles. The molecule has 0 N–H and O–H groups in total. The van der Waals surface area contributed by atoms with E-state index in [0.717, 1.165) is 41.9 Å². The molecule has 0 saturated heterocycles. The summed E-state index contributed by atoms with van der Waals surface area (Å²) in [4.78, 5) is 32.2. The molecule has 2 heterocycles. The van der Waals surface area contributed by atoms with Crippen LogP contribution >= 0.6 is 11.3 Å². The topological polar surface area (TPSA) is 68.7 Å². The van der Waals surface area contributed by atoms with E-state index in [1.165, 1.54) is 6.42 Å². The molecule has 2 aromatic rings. The molecule has 1 aromatic carbocycles. The van der Waals surface area contributed by atoms with Crippen molar-refractivity contribution >= 4 is 28.9 Å². The van der Waals surface area contributed by atoms with Crippen molar-refractivity contribution in [3.05, 3.63) is 28.6 Å². The maximum Gasteiger partial charge on any atom is 0.329 e. The lowest BCUT2D eigenvalue weighted by Crippen LogP contribution is -2.53. The van der Waals surface area contributed by atoms with Crippen molar-refractivity contribution in [3.63, 3.8) is 0 Å². The number of hydrogen-bond donors (Lipinski definition) is 0. The highest BCUT2D eigenvalue weighted by Gasteiger charge is 2.39. The summed E-state index contributed by atoms with van der Waals surface area (Å²) in [5.74, 6) is 0.0482. The predicted octanol–water partition coefficient (Wildman–Crippen LogP) is 4.89. The lowest BCUT2D eigenvalue weighted by Gasteiger charge is -2.37. The maximum atomic E-state index is 13.2. The average molecular weight is 429 g/mol. The molecule has 1 aliphatic heterocycles. The van der Waals surface area contributed by atoms with Gasteiger partial charge < -0.3 is 9.47 Å². The van der Waals surface area contributed by atoms with Crippen molar-refractivity contribution in [2.24, 2.45) is 0 Å². The SMILES string of the molecule is CCC1Oc2ccc(-c3csc(C)n3)cc2N(C(C)C(=O)OC2CCCCC2)C1=O. The van der Waals surface area contributed by atoms with Crippen LogP contribution in [0.2, 0.25) is 0 Å². The second-order valence-corrected chi connectivity index (χ2v) is 9.09. The van der Waals surface area contributed by atoms with Crippen LogP contribution in [-0.2, 0) is 14.3 Å². The summed E-state index contributed by atoms with van der Waals surface area (Å²) in [6.07, 6.45) is 5.04. The first-order chi connectivity index (χ1) is 14.5. The molecule has 1 saturated carbocycles. The van der Waals surface area contributed by atoms with E-state index in [4.69, 9.17) is 9.47 Å². The molecular formula is C23H28N2O4S. The van der Waals surface area contributed by atoms with Crippen molar-refractivity contribution < 1.29 is 19.1 Å². The van der Waals surface area contributed by atoms with Gasteiger partial charge in [0.05, 0.1) is 16.4 Å². The Balaban J connectivity index is 1.65. The molecule has 6 nitrogen and oxygen atoms in total. The minimum Gasteiger partial charge on any atom is -0.478 e. The first-order valence-electron chi connectivity index (χ1n) is 10.7. The van der Waals surface area contributed by atoms with Crippen LogP contribution in [0, 0.1) is 6.92 Å². The van der Waals surface area contributed by atoms with Crippen LogP contribution in [0.5, 0.6) is 5.75 Å². The predicted molar refractivity (Wildman–Crippen MR) is 117 cm³/mol. The van der Waals surface area contributed by atoms with E-state index in [1.807, 2.05) is 37.4 Å². The second-order valence-electron chi connectivity index (χ2n) is 8.03. The Morgan fingerprint density at radius 2 is 2.10 bits per heavy atom. The van der Waals surface area contributed by atoms with Gasteiger partial charge in [-0.25, -0.2) is 9.78 Å². The van der Waals surface area contributed by atoms with Crippen molar-refractivity contribution in [2.45, 2.75) is 77.5 Å². The Labute approximate surface area is 181 Å². The second kappa shape index (κ2) is 8.76. The summed E-state index contributed by atoms with van der Waals surface area (Å²) < 4.78 is 11.7. The van der Waals surface area contributed by atoms with Gasteiger partial charge in [0, 0.05) is 10.9 Å². The van der Waals surface area contributed by atoms with E-state index in [2.05, 4.69) is 4.98 Å². The number of nitrogens with zero attached hydrogens (tertiary/aromatic N) is 2. The van der Waals surface area contributed by atoms with Gasteiger partial charge in [-0.1, -0.05) is 13.3 Å². The Hall–Kier alpha value is -2.41. The number of benzene rings is 1. The fraction of sp³-hybridized carbons (Fsp3) is 0.522. The smallest absolute Gasteiger partial charge is 0.329 e.